The quantitative estimate of drug-likeness (QED) is 0.325. The molecule has 3 aromatic carbocycles. The molecular weight excluding hydrogens is 404 g/mol. The Hall–Kier alpha value is -4.41. The van der Waals surface area contributed by atoms with E-state index in [4.69, 9.17) is 5.26 Å². The second-order valence-corrected chi connectivity index (χ2v) is 7.19. The number of carbonyl (C=O) groups excluding carboxylic acids is 1. The molecule has 158 valence electrons. The Morgan fingerprint density at radius 3 is 2.69 bits per heavy atom. The number of aliphatic hydroxyl groups excluding tert-OH is 1. The van der Waals surface area contributed by atoms with Crippen molar-refractivity contribution in [3.63, 3.8) is 0 Å². The van der Waals surface area contributed by atoms with Crippen LogP contribution in [0, 0.1) is 11.3 Å². The van der Waals surface area contributed by atoms with E-state index in [2.05, 4.69) is 15.1 Å². The van der Waals surface area contributed by atoms with Gasteiger partial charge >= 0.3 is 0 Å². The lowest BCUT2D eigenvalue weighted by atomic mass is 10.1. The van der Waals surface area contributed by atoms with Gasteiger partial charge in [0.2, 0.25) is 0 Å². The fourth-order valence-corrected chi connectivity index (χ4v) is 3.54. The van der Waals surface area contributed by atoms with Gasteiger partial charge < -0.3 is 14.8 Å². The standard InChI is InChI=1S/C25H20N4O3/c26-13-21-12-17(8-9-24(21)31)25(32)28-27-14-18-6-3-7-23-22(18)10-11-29(23)15-19-4-1-2-5-20(19)16-30/h1-12,14,30-31H,15-16H2,(H,28,32)/b27-14+. The van der Waals surface area contributed by atoms with Gasteiger partial charge in [0.05, 0.1) is 18.4 Å². The fraction of sp³-hybridized carbons (Fsp3) is 0.0800. The van der Waals surface area contributed by atoms with E-state index >= 15 is 0 Å². The summed E-state index contributed by atoms with van der Waals surface area (Å²) in [6.07, 6.45) is 3.55. The molecule has 0 aliphatic carbocycles. The molecule has 0 unspecified atom stereocenters. The Balaban J connectivity index is 1.53. The average molecular weight is 424 g/mol. The van der Waals surface area contributed by atoms with Crippen LogP contribution in [0.25, 0.3) is 10.9 Å². The van der Waals surface area contributed by atoms with Crippen LogP contribution in [0.2, 0.25) is 0 Å². The number of hydrogen-bond donors (Lipinski definition) is 3. The summed E-state index contributed by atoms with van der Waals surface area (Å²) in [6.45, 7) is 0.615. The van der Waals surface area contributed by atoms with Crippen LogP contribution in [-0.4, -0.2) is 26.9 Å². The van der Waals surface area contributed by atoms with E-state index in [1.54, 1.807) is 6.21 Å². The van der Waals surface area contributed by atoms with E-state index < -0.39 is 5.91 Å². The van der Waals surface area contributed by atoms with Crippen molar-refractivity contribution in [2.24, 2.45) is 5.10 Å². The van der Waals surface area contributed by atoms with Crippen LogP contribution >= 0.6 is 0 Å². The van der Waals surface area contributed by atoms with Crippen LogP contribution < -0.4 is 5.43 Å². The predicted molar refractivity (Wildman–Crippen MR) is 121 cm³/mol. The van der Waals surface area contributed by atoms with Crippen molar-refractivity contribution in [1.29, 1.82) is 5.26 Å². The number of aromatic nitrogens is 1. The van der Waals surface area contributed by atoms with Crippen LogP contribution in [-0.2, 0) is 13.2 Å². The van der Waals surface area contributed by atoms with Gasteiger partial charge in [-0.3, -0.25) is 4.79 Å². The Labute approximate surface area is 184 Å². The van der Waals surface area contributed by atoms with Crippen LogP contribution in [0.1, 0.15) is 32.6 Å². The van der Waals surface area contributed by atoms with Crippen LogP contribution in [0.5, 0.6) is 5.75 Å². The van der Waals surface area contributed by atoms with Crippen molar-refractivity contribution in [2.75, 3.05) is 0 Å². The Bertz CT molecular complexity index is 1370. The minimum atomic E-state index is -0.483. The van der Waals surface area contributed by atoms with Crippen molar-refractivity contribution < 1.29 is 15.0 Å². The Kier molecular flexibility index (Phi) is 5.97. The van der Waals surface area contributed by atoms with Crippen molar-refractivity contribution in [1.82, 2.24) is 9.99 Å². The molecule has 3 N–H and O–H groups in total. The highest BCUT2D eigenvalue weighted by Crippen LogP contribution is 2.22. The lowest BCUT2D eigenvalue weighted by molar-refractivity contribution is 0.0955. The summed E-state index contributed by atoms with van der Waals surface area (Å²) in [5.74, 6) is -0.659. The van der Waals surface area contributed by atoms with Crippen molar-refractivity contribution in [3.8, 4) is 11.8 Å². The smallest absolute Gasteiger partial charge is 0.271 e. The van der Waals surface area contributed by atoms with E-state index in [1.165, 1.54) is 18.2 Å². The molecule has 0 radical (unpaired) electrons. The van der Waals surface area contributed by atoms with E-state index in [1.807, 2.05) is 60.8 Å². The van der Waals surface area contributed by atoms with Crippen LogP contribution in [0.3, 0.4) is 0 Å². The number of benzene rings is 3. The number of rotatable bonds is 6. The summed E-state index contributed by atoms with van der Waals surface area (Å²) in [5.41, 5.74) is 6.48. The molecule has 0 atom stereocenters. The number of nitrogens with one attached hydrogen (secondary N) is 1. The van der Waals surface area contributed by atoms with Gasteiger partial charge in [0.15, 0.2) is 0 Å². The Morgan fingerprint density at radius 2 is 1.91 bits per heavy atom. The summed E-state index contributed by atoms with van der Waals surface area (Å²) >= 11 is 0. The van der Waals surface area contributed by atoms with Crippen molar-refractivity contribution in [2.45, 2.75) is 13.2 Å². The van der Waals surface area contributed by atoms with Gasteiger partial charge in [0, 0.05) is 34.8 Å². The van der Waals surface area contributed by atoms with Gasteiger partial charge in [-0.1, -0.05) is 36.4 Å². The molecule has 0 aliphatic heterocycles. The molecule has 7 nitrogen and oxygen atoms in total. The second-order valence-electron chi connectivity index (χ2n) is 7.19. The summed E-state index contributed by atoms with van der Waals surface area (Å²) in [6, 6.07) is 21.5. The third kappa shape index (κ3) is 4.21. The van der Waals surface area contributed by atoms with Gasteiger partial charge in [-0.15, -0.1) is 0 Å². The SMILES string of the molecule is N#Cc1cc(C(=O)N/N=C/c2cccc3c2ccn3Cc2ccccc2CO)ccc1O. The third-order valence-electron chi connectivity index (χ3n) is 5.23. The largest absolute Gasteiger partial charge is 0.507 e. The first-order valence-corrected chi connectivity index (χ1v) is 9.92. The summed E-state index contributed by atoms with van der Waals surface area (Å²) in [4.78, 5) is 12.3. The van der Waals surface area contributed by atoms with Gasteiger partial charge in [0.1, 0.15) is 11.8 Å². The zero-order valence-corrected chi connectivity index (χ0v) is 17.1. The summed E-state index contributed by atoms with van der Waals surface area (Å²) in [7, 11) is 0. The summed E-state index contributed by atoms with van der Waals surface area (Å²) in [5, 5.41) is 33.2. The number of nitriles is 1. The highest BCUT2D eigenvalue weighted by molar-refractivity contribution is 6.00. The third-order valence-corrected chi connectivity index (χ3v) is 5.23. The second kappa shape index (κ2) is 9.16. The number of phenols is 1. The number of aliphatic hydroxyl groups is 1. The first-order valence-electron chi connectivity index (χ1n) is 9.92. The molecule has 0 spiro atoms. The molecule has 1 aromatic heterocycles. The zero-order chi connectivity index (χ0) is 22.5. The van der Waals surface area contributed by atoms with E-state index in [-0.39, 0.29) is 23.5 Å². The summed E-state index contributed by atoms with van der Waals surface area (Å²) < 4.78 is 2.10. The number of phenolic OH excluding ortho intramolecular Hbond substituents is 1. The fourth-order valence-electron chi connectivity index (χ4n) is 3.54. The molecule has 4 aromatic rings. The average Bonchev–Trinajstić information content (AvgIpc) is 3.23. The zero-order valence-electron chi connectivity index (χ0n) is 17.1. The van der Waals surface area contributed by atoms with Gasteiger partial charge in [0.25, 0.3) is 5.91 Å². The number of fused-ring (bicyclic) bond motifs is 1. The minimum Gasteiger partial charge on any atom is -0.507 e. The van der Waals surface area contributed by atoms with E-state index in [0.29, 0.717) is 6.54 Å². The van der Waals surface area contributed by atoms with Crippen molar-refractivity contribution in [3.05, 3.63) is 101 Å². The number of hydrogen-bond acceptors (Lipinski definition) is 5. The van der Waals surface area contributed by atoms with Gasteiger partial charge in [-0.05, 0) is 41.5 Å². The number of aromatic hydroxyl groups is 1. The van der Waals surface area contributed by atoms with Crippen LogP contribution in [0.15, 0.2) is 78.0 Å². The number of hydrazone groups is 1. The van der Waals surface area contributed by atoms with Gasteiger partial charge in [-0.25, -0.2) is 5.43 Å². The maximum absolute atomic E-state index is 12.3. The molecule has 7 heteroatoms. The molecule has 4 rings (SSSR count). The normalized spacial score (nSPS) is 11.0. The maximum atomic E-state index is 12.3. The molecule has 0 fully saturated rings. The number of nitrogens with zero attached hydrogens (tertiary/aromatic N) is 3. The van der Waals surface area contributed by atoms with Gasteiger partial charge in [-0.2, -0.15) is 10.4 Å². The first-order chi connectivity index (χ1) is 15.6. The molecule has 32 heavy (non-hydrogen) atoms. The topological polar surface area (TPSA) is 111 Å². The highest BCUT2D eigenvalue weighted by atomic mass is 16.3. The number of amides is 1. The number of carbonyl (C=O) groups is 1. The predicted octanol–water partition coefficient (Wildman–Crippen LogP) is 3.52. The lowest BCUT2D eigenvalue weighted by Gasteiger charge is -2.10. The molecule has 1 amide bonds. The van der Waals surface area contributed by atoms with E-state index in [9.17, 15) is 15.0 Å². The molecule has 0 saturated heterocycles. The Morgan fingerprint density at radius 1 is 1.09 bits per heavy atom. The van der Waals surface area contributed by atoms with E-state index in [0.717, 1.165) is 27.6 Å². The van der Waals surface area contributed by atoms with Crippen LogP contribution in [0.4, 0.5) is 0 Å². The highest BCUT2D eigenvalue weighted by Gasteiger charge is 2.09. The molecule has 1 heterocycles. The monoisotopic (exact) mass is 424 g/mol. The van der Waals surface area contributed by atoms with Crippen molar-refractivity contribution >= 4 is 23.0 Å². The molecule has 0 bridgehead atoms. The first kappa shape index (κ1) is 20.8. The minimum absolute atomic E-state index is 0.0100. The molecular formula is C25H20N4O3. The molecule has 0 saturated carbocycles. The lowest BCUT2D eigenvalue weighted by Crippen LogP contribution is -2.17. The maximum Gasteiger partial charge on any atom is 0.271 e. The molecule has 0 aliphatic rings.